The fourth-order valence-corrected chi connectivity index (χ4v) is 4.82. The van der Waals surface area contributed by atoms with Crippen LogP contribution in [0.1, 0.15) is 40.1 Å². The van der Waals surface area contributed by atoms with E-state index in [4.69, 9.17) is 0 Å². The minimum absolute atomic E-state index is 0.0684. The minimum atomic E-state index is -0.447. The first-order chi connectivity index (χ1) is 14.8. The number of nitrogens with zero attached hydrogens (tertiary/aromatic N) is 3. The van der Waals surface area contributed by atoms with E-state index in [0.29, 0.717) is 39.4 Å². The summed E-state index contributed by atoms with van der Waals surface area (Å²) in [7, 11) is 0. The van der Waals surface area contributed by atoms with Crippen LogP contribution in [0.4, 0.5) is 10.1 Å². The number of fused-ring (bicyclic) bond motifs is 1. The number of amides is 2. The molecule has 1 saturated heterocycles. The van der Waals surface area contributed by atoms with Crippen molar-refractivity contribution >= 4 is 39.1 Å². The average molecular weight is 443 g/mol. The van der Waals surface area contributed by atoms with Gasteiger partial charge in [0.25, 0.3) is 11.5 Å². The summed E-state index contributed by atoms with van der Waals surface area (Å²) < 4.78 is 14.9. The highest BCUT2D eigenvalue weighted by atomic mass is 32.1. The summed E-state index contributed by atoms with van der Waals surface area (Å²) >= 11 is 1.11. The lowest BCUT2D eigenvalue weighted by Crippen LogP contribution is -2.39. The molecule has 1 aliphatic heterocycles. The van der Waals surface area contributed by atoms with Gasteiger partial charge >= 0.3 is 0 Å². The maximum Gasteiger partial charge on any atom is 0.266 e. The van der Waals surface area contributed by atoms with Crippen LogP contribution in [-0.4, -0.2) is 39.4 Å². The molecule has 0 spiro atoms. The third kappa shape index (κ3) is 4.23. The van der Waals surface area contributed by atoms with Crippen LogP contribution in [0.3, 0.4) is 0 Å². The summed E-state index contributed by atoms with van der Waals surface area (Å²) in [6, 6.07) is 4.17. The molecule has 0 saturated carbocycles. The van der Waals surface area contributed by atoms with Gasteiger partial charge in [-0.15, -0.1) is 11.3 Å². The van der Waals surface area contributed by atoms with Crippen LogP contribution in [-0.2, 0) is 11.3 Å². The van der Waals surface area contributed by atoms with Crippen LogP contribution < -0.4 is 10.9 Å². The monoisotopic (exact) mass is 442 g/mol. The van der Waals surface area contributed by atoms with Gasteiger partial charge in [-0.1, -0.05) is 6.07 Å². The third-order valence-corrected chi connectivity index (χ3v) is 6.78. The standard InChI is InChI=1S/C22H23FN4O3S/c1-13-6-7-15(23)10-16(13)25-20(29)19-14(2)18-21(31-19)24-12-27(22(18)30)11-17(28)26-8-4-3-5-9-26/h6-7,10,12H,3-5,8-9,11H2,1-2H3,(H,25,29). The highest BCUT2D eigenvalue weighted by molar-refractivity contribution is 7.20. The normalized spacial score (nSPS) is 14.1. The molecule has 1 N–H and O–H groups in total. The number of carbonyl (C=O) groups is 2. The first-order valence-corrected chi connectivity index (χ1v) is 11.0. The summed E-state index contributed by atoms with van der Waals surface area (Å²) in [6.07, 6.45) is 4.43. The lowest BCUT2D eigenvalue weighted by molar-refractivity contribution is -0.132. The third-order valence-electron chi connectivity index (χ3n) is 5.59. The van der Waals surface area contributed by atoms with Crippen molar-refractivity contribution in [2.75, 3.05) is 18.4 Å². The highest BCUT2D eigenvalue weighted by Gasteiger charge is 2.22. The van der Waals surface area contributed by atoms with Gasteiger partial charge in [0.1, 0.15) is 17.2 Å². The smallest absolute Gasteiger partial charge is 0.266 e. The molecular weight excluding hydrogens is 419 g/mol. The van der Waals surface area contributed by atoms with E-state index < -0.39 is 11.7 Å². The predicted molar refractivity (Wildman–Crippen MR) is 118 cm³/mol. The van der Waals surface area contributed by atoms with Gasteiger partial charge < -0.3 is 10.2 Å². The summed E-state index contributed by atoms with van der Waals surface area (Å²) in [4.78, 5) is 45.3. The fourth-order valence-electron chi connectivity index (χ4n) is 3.79. The van der Waals surface area contributed by atoms with Gasteiger partial charge in [0.2, 0.25) is 5.91 Å². The second kappa shape index (κ2) is 8.58. The van der Waals surface area contributed by atoms with Crippen LogP contribution in [0.5, 0.6) is 0 Å². The quantitative estimate of drug-likeness (QED) is 0.671. The van der Waals surface area contributed by atoms with Gasteiger partial charge in [0, 0.05) is 18.8 Å². The molecule has 1 aromatic carbocycles. The minimum Gasteiger partial charge on any atom is -0.341 e. The number of nitrogens with one attached hydrogen (secondary N) is 1. The SMILES string of the molecule is Cc1ccc(F)cc1NC(=O)c1sc2ncn(CC(=O)N3CCCCC3)c(=O)c2c1C. The molecular formula is C22H23FN4O3S. The Labute approximate surface area is 182 Å². The van der Waals surface area contributed by atoms with E-state index >= 15 is 0 Å². The lowest BCUT2D eigenvalue weighted by atomic mass is 10.1. The number of thiophene rings is 1. The van der Waals surface area contributed by atoms with Crippen molar-refractivity contribution in [1.82, 2.24) is 14.5 Å². The Balaban J connectivity index is 1.62. The van der Waals surface area contributed by atoms with Crippen molar-refractivity contribution in [2.45, 2.75) is 39.7 Å². The van der Waals surface area contributed by atoms with Crippen LogP contribution in [0.15, 0.2) is 29.3 Å². The van der Waals surface area contributed by atoms with Crippen LogP contribution in [0.2, 0.25) is 0 Å². The molecule has 0 radical (unpaired) electrons. The van der Waals surface area contributed by atoms with Crippen LogP contribution >= 0.6 is 11.3 Å². The molecule has 0 aliphatic carbocycles. The van der Waals surface area contributed by atoms with Gasteiger partial charge in [-0.25, -0.2) is 9.37 Å². The van der Waals surface area contributed by atoms with E-state index in [2.05, 4.69) is 10.3 Å². The molecule has 31 heavy (non-hydrogen) atoms. The summed E-state index contributed by atoms with van der Waals surface area (Å²) in [5.41, 5.74) is 1.26. The number of rotatable bonds is 4. The fraction of sp³-hybridized carbons (Fsp3) is 0.364. The summed E-state index contributed by atoms with van der Waals surface area (Å²) in [5.74, 6) is -0.975. The van der Waals surface area contributed by atoms with E-state index in [-0.39, 0.29) is 18.0 Å². The number of benzene rings is 1. The number of hydrogen-bond donors (Lipinski definition) is 1. The summed E-state index contributed by atoms with van der Waals surface area (Å²) in [5, 5.41) is 3.05. The van der Waals surface area contributed by atoms with E-state index in [0.717, 1.165) is 36.2 Å². The van der Waals surface area contributed by atoms with E-state index in [1.807, 2.05) is 0 Å². The van der Waals surface area contributed by atoms with Crippen molar-refractivity contribution in [3.63, 3.8) is 0 Å². The molecule has 0 unspecified atom stereocenters. The lowest BCUT2D eigenvalue weighted by Gasteiger charge is -2.26. The maximum atomic E-state index is 13.5. The van der Waals surface area contributed by atoms with Crippen LogP contribution in [0.25, 0.3) is 10.2 Å². The number of likely N-dealkylation sites (tertiary alicyclic amines) is 1. The van der Waals surface area contributed by atoms with Crippen molar-refractivity contribution < 1.29 is 14.0 Å². The first-order valence-electron chi connectivity index (χ1n) is 10.2. The Hall–Kier alpha value is -3.07. The molecule has 1 fully saturated rings. The number of aromatic nitrogens is 2. The number of anilines is 1. The van der Waals surface area contributed by atoms with Gasteiger partial charge in [-0.2, -0.15) is 0 Å². The maximum absolute atomic E-state index is 13.5. The Kier molecular flexibility index (Phi) is 5.86. The van der Waals surface area contributed by atoms with E-state index in [1.54, 1.807) is 24.8 Å². The highest BCUT2D eigenvalue weighted by Crippen LogP contribution is 2.28. The van der Waals surface area contributed by atoms with Crippen molar-refractivity contribution in [1.29, 1.82) is 0 Å². The second-order valence-electron chi connectivity index (χ2n) is 7.77. The van der Waals surface area contributed by atoms with E-state index in [1.165, 1.54) is 23.0 Å². The number of halogens is 1. The van der Waals surface area contributed by atoms with E-state index in [9.17, 15) is 18.8 Å². The molecule has 162 valence electrons. The zero-order valence-corrected chi connectivity index (χ0v) is 18.2. The Morgan fingerprint density at radius 2 is 1.94 bits per heavy atom. The van der Waals surface area contributed by atoms with Gasteiger partial charge in [0.05, 0.1) is 16.6 Å². The van der Waals surface area contributed by atoms with Crippen LogP contribution in [0, 0.1) is 19.7 Å². The van der Waals surface area contributed by atoms with Gasteiger partial charge in [-0.3, -0.25) is 19.0 Å². The largest absolute Gasteiger partial charge is 0.341 e. The molecule has 0 bridgehead atoms. The van der Waals surface area contributed by atoms with Crippen molar-refractivity contribution in [3.8, 4) is 0 Å². The molecule has 1 aliphatic rings. The number of hydrogen-bond acceptors (Lipinski definition) is 5. The molecule has 7 nitrogen and oxygen atoms in total. The topological polar surface area (TPSA) is 84.3 Å². The molecule has 0 atom stereocenters. The molecule has 3 heterocycles. The summed E-state index contributed by atoms with van der Waals surface area (Å²) in [6.45, 7) is 4.81. The number of aryl methyl sites for hydroxylation is 2. The van der Waals surface area contributed by atoms with Crippen molar-refractivity contribution in [2.24, 2.45) is 0 Å². The Morgan fingerprint density at radius 3 is 2.68 bits per heavy atom. The molecule has 4 rings (SSSR count). The zero-order chi connectivity index (χ0) is 22.1. The number of carbonyl (C=O) groups excluding carboxylic acids is 2. The van der Waals surface area contributed by atoms with Crippen molar-refractivity contribution in [3.05, 3.63) is 56.7 Å². The Morgan fingerprint density at radius 1 is 1.19 bits per heavy atom. The molecule has 2 amide bonds. The number of piperidine rings is 1. The zero-order valence-electron chi connectivity index (χ0n) is 17.4. The average Bonchev–Trinajstić information content (AvgIpc) is 3.10. The van der Waals surface area contributed by atoms with Gasteiger partial charge in [0.15, 0.2) is 0 Å². The molecule has 2 aromatic heterocycles. The first kappa shape index (κ1) is 21.2. The molecule has 9 heteroatoms. The Bertz CT molecular complexity index is 1230. The molecule has 3 aromatic rings. The second-order valence-corrected chi connectivity index (χ2v) is 8.77. The predicted octanol–water partition coefficient (Wildman–Crippen LogP) is 3.48. The van der Waals surface area contributed by atoms with Gasteiger partial charge in [-0.05, 0) is 56.4 Å².